The number of nitrogens with zero attached hydrogens (tertiary/aromatic N) is 2. The van der Waals surface area contributed by atoms with Gasteiger partial charge in [0.25, 0.3) is 0 Å². The number of hydrogen-bond donors (Lipinski definition) is 1. The molecule has 0 fully saturated rings. The van der Waals surface area contributed by atoms with Gasteiger partial charge in [0.2, 0.25) is 0 Å². The van der Waals surface area contributed by atoms with Gasteiger partial charge in [-0.2, -0.15) is 0 Å². The van der Waals surface area contributed by atoms with E-state index in [9.17, 15) is 4.79 Å². The maximum atomic E-state index is 12.1. The summed E-state index contributed by atoms with van der Waals surface area (Å²) in [6.45, 7) is 0.101. The number of anilines is 1. The number of rotatable bonds is 4. The molecule has 0 unspecified atom stereocenters. The normalized spacial score (nSPS) is 10.7. The quantitative estimate of drug-likeness (QED) is 0.591. The van der Waals surface area contributed by atoms with Crippen LogP contribution in [0.2, 0.25) is 0 Å². The van der Waals surface area contributed by atoms with E-state index in [-0.39, 0.29) is 12.2 Å². The number of hydrogen-bond acceptors (Lipinski definition) is 6. The molecule has 2 N–H and O–H groups in total. The van der Waals surface area contributed by atoms with Gasteiger partial charge in [-0.05, 0) is 18.2 Å². The van der Waals surface area contributed by atoms with E-state index in [0.29, 0.717) is 17.1 Å². The van der Waals surface area contributed by atoms with E-state index in [1.807, 2.05) is 22.2 Å². The van der Waals surface area contributed by atoms with E-state index < -0.39 is 5.97 Å². The molecule has 0 saturated heterocycles. The summed E-state index contributed by atoms with van der Waals surface area (Å²) in [5.41, 5.74) is 7.12. The highest BCUT2D eigenvalue weighted by Crippen LogP contribution is 2.21. The summed E-state index contributed by atoms with van der Waals surface area (Å²) in [4.78, 5) is 17.3. The smallest absolute Gasteiger partial charge is 0.340 e. The SMILES string of the molecule is COc1ccc(N)c(C(=O)OCc2cn3ccsc3n2)c1. The van der Waals surface area contributed by atoms with Gasteiger partial charge in [-0.25, -0.2) is 9.78 Å². The number of nitrogen functional groups attached to an aromatic ring is 1. The monoisotopic (exact) mass is 303 g/mol. The summed E-state index contributed by atoms with van der Waals surface area (Å²) in [5, 5.41) is 1.94. The van der Waals surface area contributed by atoms with E-state index in [0.717, 1.165) is 4.96 Å². The molecule has 0 aliphatic carbocycles. The van der Waals surface area contributed by atoms with Gasteiger partial charge in [-0.15, -0.1) is 11.3 Å². The number of esters is 1. The first-order chi connectivity index (χ1) is 10.2. The molecule has 1 aromatic carbocycles. The Morgan fingerprint density at radius 3 is 3.10 bits per heavy atom. The summed E-state index contributed by atoms with van der Waals surface area (Å²) in [5.74, 6) is 0.0569. The Labute approximate surface area is 124 Å². The highest BCUT2D eigenvalue weighted by molar-refractivity contribution is 7.15. The lowest BCUT2D eigenvalue weighted by Crippen LogP contribution is -2.08. The van der Waals surface area contributed by atoms with Crippen molar-refractivity contribution >= 4 is 28.0 Å². The number of nitrogens with two attached hydrogens (primary N) is 1. The van der Waals surface area contributed by atoms with Crippen molar-refractivity contribution in [1.29, 1.82) is 0 Å². The van der Waals surface area contributed by atoms with Gasteiger partial charge >= 0.3 is 5.97 Å². The van der Waals surface area contributed by atoms with Crippen molar-refractivity contribution in [3.63, 3.8) is 0 Å². The third-order valence-corrected chi connectivity index (χ3v) is 3.75. The molecule has 0 amide bonds. The van der Waals surface area contributed by atoms with Crippen LogP contribution in [-0.4, -0.2) is 22.5 Å². The van der Waals surface area contributed by atoms with Crippen LogP contribution in [0.4, 0.5) is 5.69 Å². The lowest BCUT2D eigenvalue weighted by Gasteiger charge is -2.07. The molecule has 3 rings (SSSR count). The number of carbonyl (C=O) groups is 1. The Bertz CT molecular complexity index is 765. The molecule has 0 bridgehead atoms. The fraction of sp³-hybridized carbons (Fsp3) is 0.143. The minimum atomic E-state index is -0.497. The fourth-order valence-corrected chi connectivity index (χ4v) is 2.62. The van der Waals surface area contributed by atoms with Crippen LogP contribution in [0.25, 0.3) is 4.96 Å². The second kappa shape index (κ2) is 5.45. The van der Waals surface area contributed by atoms with Crippen LogP contribution >= 0.6 is 11.3 Å². The topological polar surface area (TPSA) is 78.8 Å². The lowest BCUT2D eigenvalue weighted by atomic mass is 10.2. The van der Waals surface area contributed by atoms with E-state index in [4.69, 9.17) is 15.2 Å². The molecule has 2 heterocycles. The summed E-state index contributed by atoms with van der Waals surface area (Å²) in [6, 6.07) is 4.86. The predicted octanol–water partition coefficient (Wildman–Crippen LogP) is 2.34. The Balaban J connectivity index is 1.72. The zero-order valence-corrected chi connectivity index (χ0v) is 12.1. The number of benzene rings is 1. The molecule has 2 aromatic heterocycles. The van der Waals surface area contributed by atoms with Crippen LogP contribution < -0.4 is 10.5 Å². The van der Waals surface area contributed by atoms with Crippen molar-refractivity contribution < 1.29 is 14.3 Å². The first kappa shape index (κ1) is 13.4. The van der Waals surface area contributed by atoms with Crippen LogP contribution in [0.5, 0.6) is 5.75 Å². The molecule has 0 atom stereocenters. The second-order valence-corrected chi connectivity index (χ2v) is 5.23. The average Bonchev–Trinajstić information content (AvgIpc) is 3.06. The molecular formula is C14H13N3O3S. The molecular weight excluding hydrogens is 290 g/mol. The van der Waals surface area contributed by atoms with E-state index in [2.05, 4.69) is 4.98 Å². The predicted molar refractivity (Wildman–Crippen MR) is 79.6 cm³/mol. The summed E-state index contributed by atoms with van der Waals surface area (Å²) in [6.07, 6.45) is 3.73. The van der Waals surface area contributed by atoms with Gasteiger partial charge in [0.15, 0.2) is 4.96 Å². The minimum Gasteiger partial charge on any atom is -0.497 e. The fourth-order valence-electron chi connectivity index (χ4n) is 1.90. The Morgan fingerprint density at radius 2 is 2.33 bits per heavy atom. The number of ether oxygens (including phenoxy) is 2. The molecule has 0 aliphatic heterocycles. The average molecular weight is 303 g/mol. The summed E-state index contributed by atoms with van der Waals surface area (Å²) in [7, 11) is 1.53. The molecule has 7 heteroatoms. The number of fused-ring (bicyclic) bond motifs is 1. The summed E-state index contributed by atoms with van der Waals surface area (Å²) >= 11 is 1.52. The van der Waals surface area contributed by atoms with Gasteiger partial charge in [-0.3, -0.25) is 4.40 Å². The first-order valence-electron chi connectivity index (χ1n) is 6.19. The van der Waals surface area contributed by atoms with Crippen molar-refractivity contribution in [3.8, 4) is 5.75 Å². The van der Waals surface area contributed by atoms with Crippen LogP contribution in [-0.2, 0) is 11.3 Å². The van der Waals surface area contributed by atoms with Gasteiger partial charge in [0, 0.05) is 23.5 Å². The van der Waals surface area contributed by atoms with Crippen molar-refractivity contribution in [3.05, 3.63) is 47.2 Å². The van der Waals surface area contributed by atoms with Crippen molar-refractivity contribution in [2.75, 3.05) is 12.8 Å². The highest BCUT2D eigenvalue weighted by Gasteiger charge is 2.13. The van der Waals surface area contributed by atoms with Crippen LogP contribution in [0, 0.1) is 0 Å². The first-order valence-corrected chi connectivity index (χ1v) is 7.07. The number of methoxy groups -OCH3 is 1. The highest BCUT2D eigenvalue weighted by atomic mass is 32.1. The standard InChI is InChI=1S/C14H13N3O3S/c1-19-10-2-3-12(15)11(6-10)13(18)20-8-9-7-17-4-5-21-14(17)16-9/h2-7H,8,15H2,1H3. The Kier molecular flexibility index (Phi) is 3.49. The number of thiazole rings is 1. The zero-order valence-electron chi connectivity index (χ0n) is 11.3. The zero-order chi connectivity index (χ0) is 14.8. The number of aromatic nitrogens is 2. The third kappa shape index (κ3) is 2.68. The van der Waals surface area contributed by atoms with Crippen molar-refractivity contribution in [2.24, 2.45) is 0 Å². The largest absolute Gasteiger partial charge is 0.497 e. The van der Waals surface area contributed by atoms with Gasteiger partial charge in [0.05, 0.1) is 18.4 Å². The molecule has 0 aliphatic rings. The number of imidazole rings is 1. The molecule has 6 nitrogen and oxygen atoms in total. The van der Waals surface area contributed by atoms with Crippen molar-refractivity contribution in [1.82, 2.24) is 9.38 Å². The van der Waals surface area contributed by atoms with E-state index in [1.54, 1.807) is 18.2 Å². The van der Waals surface area contributed by atoms with Crippen LogP contribution in [0.3, 0.4) is 0 Å². The Hall–Kier alpha value is -2.54. The minimum absolute atomic E-state index is 0.101. The lowest BCUT2D eigenvalue weighted by molar-refractivity contribution is 0.0469. The van der Waals surface area contributed by atoms with Gasteiger partial charge in [0.1, 0.15) is 12.4 Å². The second-order valence-electron chi connectivity index (χ2n) is 4.35. The maximum absolute atomic E-state index is 12.1. The number of carbonyl (C=O) groups excluding carboxylic acids is 1. The van der Waals surface area contributed by atoms with E-state index in [1.165, 1.54) is 18.4 Å². The summed E-state index contributed by atoms with van der Waals surface area (Å²) < 4.78 is 12.2. The van der Waals surface area contributed by atoms with Gasteiger partial charge < -0.3 is 15.2 Å². The van der Waals surface area contributed by atoms with E-state index >= 15 is 0 Å². The van der Waals surface area contributed by atoms with Crippen LogP contribution in [0.15, 0.2) is 36.0 Å². The maximum Gasteiger partial charge on any atom is 0.340 e. The molecule has 0 spiro atoms. The van der Waals surface area contributed by atoms with Crippen molar-refractivity contribution in [2.45, 2.75) is 6.61 Å². The molecule has 0 radical (unpaired) electrons. The van der Waals surface area contributed by atoms with Crippen LogP contribution in [0.1, 0.15) is 16.1 Å². The van der Waals surface area contributed by atoms with Gasteiger partial charge in [-0.1, -0.05) is 0 Å². The molecule has 21 heavy (non-hydrogen) atoms. The molecule has 3 aromatic rings. The molecule has 108 valence electrons. The third-order valence-electron chi connectivity index (χ3n) is 2.97. The Morgan fingerprint density at radius 1 is 1.48 bits per heavy atom. The molecule has 0 saturated carbocycles.